The predicted molar refractivity (Wildman–Crippen MR) is 94.1 cm³/mol. The lowest BCUT2D eigenvalue weighted by atomic mass is 10.1. The van der Waals surface area contributed by atoms with Crippen LogP contribution in [-0.4, -0.2) is 5.11 Å². The van der Waals surface area contributed by atoms with Crippen molar-refractivity contribution >= 4 is 11.0 Å². The maximum absolute atomic E-state index is 9.61. The number of furan rings is 1. The van der Waals surface area contributed by atoms with Gasteiger partial charge in [0.15, 0.2) is 0 Å². The van der Waals surface area contributed by atoms with Crippen molar-refractivity contribution in [1.29, 1.82) is 0 Å². The van der Waals surface area contributed by atoms with Crippen LogP contribution in [0.2, 0.25) is 0 Å². The SMILES string of the molecule is Oc1ccc2oc(-c3ccccc3OCc3ccccc3)cc2c1. The van der Waals surface area contributed by atoms with Crippen LogP contribution >= 0.6 is 0 Å². The summed E-state index contributed by atoms with van der Waals surface area (Å²) in [5.74, 6) is 1.72. The summed E-state index contributed by atoms with van der Waals surface area (Å²) in [5.41, 5.74) is 2.74. The van der Waals surface area contributed by atoms with Crippen LogP contribution in [0.5, 0.6) is 11.5 Å². The lowest BCUT2D eigenvalue weighted by Gasteiger charge is -2.10. The van der Waals surface area contributed by atoms with Gasteiger partial charge in [-0.1, -0.05) is 42.5 Å². The van der Waals surface area contributed by atoms with Gasteiger partial charge in [0.2, 0.25) is 0 Å². The van der Waals surface area contributed by atoms with Crippen LogP contribution in [0.4, 0.5) is 0 Å². The van der Waals surface area contributed by atoms with Gasteiger partial charge in [-0.25, -0.2) is 0 Å². The van der Waals surface area contributed by atoms with Crippen LogP contribution in [0.15, 0.2) is 83.3 Å². The second-order valence-corrected chi connectivity index (χ2v) is 5.60. The largest absolute Gasteiger partial charge is 0.508 e. The van der Waals surface area contributed by atoms with E-state index in [-0.39, 0.29) is 5.75 Å². The van der Waals surface area contributed by atoms with E-state index >= 15 is 0 Å². The molecule has 0 aliphatic carbocycles. The van der Waals surface area contributed by atoms with E-state index in [0.29, 0.717) is 6.61 Å². The Morgan fingerprint density at radius 3 is 2.50 bits per heavy atom. The summed E-state index contributed by atoms with van der Waals surface area (Å²) in [6, 6.07) is 24.8. The molecule has 0 aliphatic heterocycles. The highest BCUT2D eigenvalue weighted by Crippen LogP contribution is 2.35. The minimum Gasteiger partial charge on any atom is -0.508 e. The molecular formula is C21H16O3. The first-order chi connectivity index (χ1) is 11.8. The summed E-state index contributed by atoms with van der Waals surface area (Å²) in [6.07, 6.45) is 0. The van der Waals surface area contributed by atoms with Crippen LogP contribution in [-0.2, 0) is 6.61 Å². The standard InChI is InChI=1S/C21H16O3/c22-17-10-11-19-16(12-17)13-21(24-19)18-8-4-5-9-20(18)23-14-15-6-2-1-3-7-15/h1-13,22H,14H2. The highest BCUT2D eigenvalue weighted by Gasteiger charge is 2.12. The Morgan fingerprint density at radius 1 is 0.833 bits per heavy atom. The second kappa shape index (κ2) is 6.13. The Balaban J connectivity index is 1.67. The molecule has 0 saturated carbocycles. The van der Waals surface area contributed by atoms with Crippen LogP contribution in [0, 0.1) is 0 Å². The molecule has 4 rings (SSSR count). The number of hydrogen-bond acceptors (Lipinski definition) is 3. The lowest BCUT2D eigenvalue weighted by molar-refractivity contribution is 0.307. The molecule has 4 aromatic rings. The molecule has 24 heavy (non-hydrogen) atoms. The minimum atomic E-state index is 0.225. The molecule has 3 nitrogen and oxygen atoms in total. The van der Waals surface area contributed by atoms with Crippen LogP contribution in [0.1, 0.15) is 5.56 Å². The summed E-state index contributed by atoms with van der Waals surface area (Å²) in [6.45, 7) is 0.499. The molecule has 3 aromatic carbocycles. The molecule has 0 aliphatic rings. The first-order valence-electron chi connectivity index (χ1n) is 7.78. The average molecular weight is 316 g/mol. The minimum absolute atomic E-state index is 0.225. The van der Waals surface area contributed by atoms with Crippen molar-refractivity contribution in [3.8, 4) is 22.8 Å². The smallest absolute Gasteiger partial charge is 0.139 e. The van der Waals surface area contributed by atoms with Crippen molar-refractivity contribution in [3.63, 3.8) is 0 Å². The van der Waals surface area contributed by atoms with Gasteiger partial charge < -0.3 is 14.3 Å². The molecule has 1 heterocycles. The quantitative estimate of drug-likeness (QED) is 0.549. The van der Waals surface area contributed by atoms with Gasteiger partial charge in [0.1, 0.15) is 29.4 Å². The van der Waals surface area contributed by atoms with E-state index in [1.165, 1.54) is 0 Å². The van der Waals surface area contributed by atoms with Crippen molar-refractivity contribution in [2.45, 2.75) is 6.61 Å². The van der Waals surface area contributed by atoms with Gasteiger partial charge in [-0.2, -0.15) is 0 Å². The highest BCUT2D eigenvalue weighted by molar-refractivity contribution is 5.85. The molecular weight excluding hydrogens is 300 g/mol. The molecule has 0 saturated heterocycles. The van der Waals surface area contributed by atoms with Crippen molar-refractivity contribution in [1.82, 2.24) is 0 Å². The second-order valence-electron chi connectivity index (χ2n) is 5.60. The molecule has 0 spiro atoms. The Labute approximate surface area is 139 Å². The van der Waals surface area contributed by atoms with Gasteiger partial charge in [-0.3, -0.25) is 0 Å². The van der Waals surface area contributed by atoms with E-state index in [1.807, 2.05) is 60.7 Å². The summed E-state index contributed by atoms with van der Waals surface area (Å²) < 4.78 is 11.9. The van der Waals surface area contributed by atoms with Gasteiger partial charge in [0, 0.05) is 5.39 Å². The number of aromatic hydroxyl groups is 1. The maximum atomic E-state index is 9.61. The topological polar surface area (TPSA) is 42.6 Å². The fourth-order valence-electron chi connectivity index (χ4n) is 2.69. The first kappa shape index (κ1) is 14.4. The Kier molecular flexibility index (Phi) is 3.67. The number of para-hydroxylation sites is 1. The zero-order valence-corrected chi connectivity index (χ0v) is 13.0. The molecule has 0 fully saturated rings. The van der Waals surface area contributed by atoms with E-state index in [4.69, 9.17) is 9.15 Å². The third-order valence-electron chi connectivity index (χ3n) is 3.89. The van der Waals surface area contributed by atoms with Crippen molar-refractivity contribution < 1.29 is 14.3 Å². The number of ether oxygens (including phenoxy) is 1. The molecule has 0 unspecified atom stereocenters. The summed E-state index contributed by atoms with van der Waals surface area (Å²) in [7, 11) is 0. The van der Waals surface area contributed by atoms with Crippen molar-refractivity contribution in [2.24, 2.45) is 0 Å². The highest BCUT2D eigenvalue weighted by atomic mass is 16.5. The molecule has 0 radical (unpaired) electrons. The average Bonchev–Trinajstić information content (AvgIpc) is 3.04. The number of phenolic OH excluding ortho intramolecular Hbond substituents is 1. The predicted octanol–water partition coefficient (Wildman–Crippen LogP) is 5.38. The molecule has 118 valence electrons. The fourth-order valence-corrected chi connectivity index (χ4v) is 2.69. The van der Waals surface area contributed by atoms with Crippen LogP contribution in [0.3, 0.4) is 0 Å². The molecule has 0 amide bonds. The summed E-state index contributed by atoms with van der Waals surface area (Å²) >= 11 is 0. The maximum Gasteiger partial charge on any atom is 0.139 e. The van der Waals surface area contributed by atoms with Crippen LogP contribution in [0.25, 0.3) is 22.3 Å². The van der Waals surface area contributed by atoms with Crippen molar-refractivity contribution in [2.75, 3.05) is 0 Å². The Hall–Kier alpha value is -3.20. The Morgan fingerprint density at radius 2 is 1.62 bits per heavy atom. The molecule has 0 atom stereocenters. The van der Waals surface area contributed by atoms with Gasteiger partial charge in [0.05, 0.1) is 5.56 Å². The van der Waals surface area contributed by atoms with Gasteiger partial charge >= 0.3 is 0 Å². The van der Waals surface area contributed by atoms with E-state index in [1.54, 1.807) is 18.2 Å². The lowest BCUT2D eigenvalue weighted by Crippen LogP contribution is -1.96. The fraction of sp³-hybridized carbons (Fsp3) is 0.0476. The zero-order valence-electron chi connectivity index (χ0n) is 13.0. The molecule has 3 heteroatoms. The summed E-state index contributed by atoms with van der Waals surface area (Å²) in [5, 5.41) is 10.5. The number of rotatable bonds is 4. The van der Waals surface area contributed by atoms with Crippen LogP contribution < -0.4 is 4.74 Å². The molecule has 1 aromatic heterocycles. The van der Waals surface area contributed by atoms with E-state index in [9.17, 15) is 5.11 Å². The summed E-state index contributed by atoms with van der Waals surface area (Å²) in [4.78, 5) is 0. The van der Waals surface area contributed by atoms with Crippen molar-refractivity contribution in [3.05, 3.63) is 84.4 Å². The normalized spacial score (nSPS) is 10.8. The number of phenols is 1. The van der Waals surface area contributed by atoms with Gasteiger partial charge in [-0.05, 0) is 42.0 Å². The van der Waals surface area contributed by atoms with Gasteiger partial charge in [-0.15, -0.1) is 0 Å². The number of benzene rings is 3. The third-order valence-corrected chi connectivity index (χ3v) is 3.89. The monoisotopic (exact) mass is 316 g/mol. The number of hydrogen-bond donors (Lipinski definition) is 1. The zero-order chi connectivity index (χ0) is 16.4. The van der Waals surface area contributed by atoms with E-state index < -0.39 is 0 Å². The number of fused-ring (bicyclic) bond motifs is 1. The van der Waals surface area contributed by atoms with Gasteiger partial charge in [0.25, 0.3) is 0 Å². The third kappa shape index (κ3) is 2.84. The molecule has 0 bridgehead atoms. The van der Waals surface area contributed by atoms with E-state index in [0.717, 1.165) is 33.6 Å². The Bertz CT molecular complexity index is 971. The van der Waals surface area contributed by atoms with E-state index in [2.05, 4.69) is 0 Å². The first-order valence-corrected chi connectivity index (χ1v) is 7.78. The molecule has 1 N–H and O–H groups in total.